The van der Waals surface area contributed by atoms with Crippen LogP contribution in [0, 0.1) is 6.92 Å². The molecule has 3 rings (SSSR count). The zero-order valence-corrected chi connectivity index (χ0v) is 17.6. The minimum Gasteiger partial charge on any atom is -0.309 e. The second-order valence-corrected chi connectivity index (χ2v) is 8.42. The monoisotopic (exact) mass is 431 g/mol. The number of rotatable bonds is 6. The molecule has 3 aromatic rings. The van der Waals surface area contributed by atoms with E-state index < -0.39 is 0 Å². The first-order valence-corrected chi connectivity index (χ1v) is 10.1. The van der Waals surface area contributed by atoms with Crippen LogP contribution in [0.5, 0.6) is 0 Å². The summed E-state index contributed by atoms with van der Waals surface area (Å²) in [6, 6.07) is 13.7. The molecule has 0 bridgehead atoms. The number of hydrogen-bond acceptors (Lipinski definition) is 4. The van der Waals surface area contributed by atoms with Crippen molar-refractivity contribution in [3.05, 3.63) is 58.1 Å². The van der Waals surface area contributed by atoms with Crippen LogP contribution in [0.3, 0.4) is 0 Å². The fraction of sp³-hybridized carbons (Fsp3) is 0.300. The van der Waals surface area contributed by atoms with Gasteiger partial charge in [0.1, 0.15) is 0 Å². The molecule has 0 fully saturated rings. The van der Waals surface area contributed by atoms with E-state index in [4.69, 9.17) is 4.98 Å². The van der Waals surface area contributed by atoms with Crippen molar-refractivity contribution in [1.29, 1.82) is 0 Å². The number of halogens is 1. The Morgan fingerprint density at radius 1 is 1.15 bits per heavy atom. The highest BCUT2D eigenvalue weighted by atomic mass is 79.9. The van der Waals surface area contributed by atoms with Gasteiger partial charge in [0, 0.05) is 11.0 Å². The Hall–Kier alpha value is -1.76. The number of amides is 1. The predicted molar refractivity (Wildman–Crippen MR) is 113 cm³/mol. The minimum absolute atomic E-state index is 0.0213. The van der Waals surface area contributed by atoms with Gasteiger partial charge in [0.15, 0.2) is 5.13 Å². The van der Waals surface area contributed by atoms with Crippen LogP contribution >= 0.6 is 27.3 Å². The van der Waals surface area contributed by atoms with Crippen molar-refractivity contribution in [2.45, 2.75) is 13.3 Å². The van der Waals surface area contributed by atoms with Crippen LogP contribution in [0.1, 0.15) is 22.3 Å². The third-order valence-electron chi connectivity index (χ3n) is 4.10. The molecule has 6 heteroatoms. The highest BCUT2D eigenvalue weighted by Crippen LogP contribution is 2.31. The molecule has 0 radical (unpaired) electrons. The van der Waals surface area contributed by atoms with Crippen molar-refractivity contribution in [3.8, 4) is 0 Å². The lowest BCUT2D eigenvalue weighted by Gasteiger charge is -2.21. The first kappa shape index (κ1) is 19.0. The molecule has 4 nitrogen and oxygen atoms in total. The smallest absolute Gasteiger partial charge is 0.261 e. The second-order valence-electron chi connectivity index (χ2n) is 6.56. The van der Waals surface area contributed by atoms with Crippen molar-refractivity contribution < 1.29 is 4.79 Å². The van der Waals surface area contributed by atoms with E-state index in [1.165, 1.54) is 5.56 Å². The molecule has 1 aromatic heterocycles. The Labute approximate surface area is 166 Å². The summed E-state index contributed by atoms with van der Waals surface area (Å²) in [4.78, 5) is 21.9. The van der Waals surface area contributed by atoms with Crippen LogP contribution in [0.2, 0.25) is 0 Å². The molecular formula is C20H22BrN3OS. The van der Waals surface area contributed by atoms with Gasteiger partial charge in [-0.2, -0.15) is 0 Å². The molecule has 0 saturated heterocycles. The number of benzene rings is 2. The maximum Gasteiger partial charge on any atom is 0.261 e. The number of anilines is 1. The summed E-state index contributed by atoms with van der Waals surface area (Å²) in [5, 5.41) is 0.755. The van der Waals surface area contributed by atoms with Gasteiger partial charge in [0.2, 0.25) is 0 Å². The fourth-order valence-electron chi connectivity index (χ4n) is 2.74. The van der Waals surface area contributed by atoms with Crippen LogP contribution in [0.15, 0.2) is 46.9 Å². The van der Waals surface area contributed by atoms with E-state index in [1.807, 2.05) is 49.3 Å². The summed E-state index contributed by atoms with van der Waals surface area (Å²) in [7, 11) is 4.08. The predicted octanol–water partition coefficient (Wildman–Crippen LogP) is 4.97. The van der Waals surface area contributed by atoms with Gasteiger partial charge < -0.3 is 4.90 Å². The maximum absolute atomic E-state index is 13.2. The van der Waals surface area contributed by atoms with Gasteiger partial charge in [-0.15, -0.1) is 0 Å². The summed E-state index contributed by atoms with van der Waals surface area (Å²) in [5.41, 5.74) is 2.80. The summed E-state index contributed by atoms with van der Waals surface area (Å²) < 4.78 is 1.91. The maximum atomic E-state index is 13.2. The molecule has 0 N–H and O–H groups in total. The lowest BCUT2D eigenvalue weighted by molar-refractivity contribution is 0.0985. The lowest BCUT2D eigenvalue weighted by Crippen LogP contribution is -2.33. The zero-order valence-electron chi connectivity index (χ0n) is 15.2. The Balaban J connectivity index is 1.96. The molecule has 0 atom stereocenters. The van der Waals surface area contributed by atoms with Crippen molar-refractivity contribution in [2.24, 2.45) is 0 Å². The Morgan fingerprint density at radius 2 is 1.92 bits per heavy atom. The molecule has 0 aliphatic carbocycles. The fourth-order valence-corrected chi connectivity index (χ4v) is 4.29. The Kier molecular flexibility index (Phi) is 6.06. The number of nitrogens with zero attached hydrogens (tertiary/aromatic N) is 3. The van der Waals surface area contributed by atoms with E-state index in [9.17, 15) is 4.79 Å². The summed E-state index contributed by atoms with van der Waals surface area (Å²) in [5.74, 6) is -0.0213. The van der Waals surface area contributed by atoms with Crippen LogP contribution < -0.4 is 4.90 Å². The molecule has 26 heavy (non-hydrogen) atoms. The van der Waals surface area contributed by atoms with Crippen LogP contribution in [0.25, 0.3) is 10.2 Å². The van der Waals surface area contributed by atoms with E-state index in [1.54, 1.807) is 11.3 Å². The molecular weight excluding hydrogens is 410 g/mol. The number of thiazole rings is 1. The number of aromatic nitrogens is 1. The Morgan fingerprint density at radius 3 is 2.65 bits per heavy atom. The van der Waals surface area contributed by atoms with E-state index in [0.717, 1.165) is 32.8 Å². The molecule has 0 aliphatic heterocycles. The van der Waals surface area contributed by atoms with E-state index in [0.29, 0.717) is 12.1 Å². The highest BCUT2D eigenvalue weighted by molar-refractivity contribution is 9.10. The number of fused-ring (bicyclic) bond motifs is 1. The molecule has 1 heterocycles. The quantitative estimate of drug-likeness (QED) is 0.552. The summed E-state index contributed by atoms with van der Waals surface area (Å²) in [6.45, 7) is 3.63. The van der Waals surface area contributed by atoms with Gasteiger partial charge in [-0.3, -0.25) is 9.69 Å². The molecule has 2 aromatic carbocycles. The summed E-state index contributed by atoms with van der Waals surface area (Å²) in [6.07, 6.45) is 0.887. The number of carbonyl (C=O) groups is 1. The number of carbonyl (C=O) groups excluding carboxylic acids is 1. The third-order valence-corrected chi connectivity index (χ3v) is 5.83. The minimum atomic E-state index is -0.0213. The van der Waals surface area contributed by atoms with Gasteiger partial charge in [0.25, 0.3) is 5.91 Å². The second kappa shape index (κ2) is 8.29. The van der Waals surface area contributed by atoms with Gasteiger partial charge in [0.05, 0.1) is 15.8 Å². The molecule has 0 saturated carbocycles. The molecule has 0 unspecified atom stereocenters. The standard InChI is InChI=1S/C20H22BrN3OS/c1-14-9-10-17-18(13-14)26-20(22-17)24(12-6-11-23(2)3)19(25)15-7-4-5-8-16(15)21/h4-5,7-10,13H,6,11-12H2,1-3H3. The van der Waals surface area contributed by atoms with Gasteiger partial charge in [-0.1, -0.05) is 29.5 Å². The van der Waals surface area contributed by atoms with Gasteiger partial charge in [-0.05, 0) is 79.7 Å². The van der Waals surface area contributed by atoms with Crippen molar-refractivity contribution in [2.75, 3.05) is 32.1 Å². The average molecular weight is 432 g/mol. The largest absolute Gasteiger partial charge is 0.309 e. The summed E-state index contributed by atoms with van der Waals surface area (Å²) >= 11 is 5.07. The highest BCUT2D eigenvalue weighted by Gasteiger charge is 2.22. The lowest BCUT2D eigenvalue weighted by atomic mass is 10.2. The van der Waals surface area contributed by atoms with Gasteiger partial charge in [-0.25, -0.2) is 4.98 Å². The van der Waals surface area contributed by atoms with Crippen LogP contribution in [-0.4, -0.2) is 43.0 Å². The van der Waals surface area contributed by atoms with Crippen molar-refractivity contribution in [1.82, 2.24) is 9.88 Å². The Bertz CT molecular complexity index is 922. The molecule has 136 valence electrons. The first-order valence-electron chi connectivity index (χ1n) is 8.54. The SMILES string of the molecule is Cc1ccc2nc(N(CCCN(C)C)C(=O)c3ccccc3Br)sc2c1. The number of aryl methyl sites for hydroxylation is 1. The van der Waals surface area contributed by atoms with Crippen molar-refractivity contribution in [3.63, 3.8) is 0 Å². The van der Waals surface area contributed by atoms with Gasteiger partial charge >= 0.3 is 0 Å². The van der Waals surface area contributed by atoms with Crippen LogP contribution in [-0.2, 0) is 0 Å². The zero-order chi connectivity index (χ0) is 18.7. The average Bonchev–Trinajstić information content (AvgIpc) is 3.01. The first-order chi connectivity index (χ1) is 12.5. The normalized spacial score (nSPS) is 11.3. The number of hydrogen-bond donors (Lipinski definition) is 0. The van der Waals surface area contributed by atoms with E-state index in [2.05, 4.69) is 39.9 Å². The molecule has 1 amide bonds. The topological polar surface area (TPSA) is 36.4 Å². The third kappa shape index (κ3) is 4.31. The van der Waals surface area contributed by atoms with Crippen molar-refractivity contribution >= 4 is 48.5 Å². The van der Waals surface area contributed by atoms with Crippen LogP contribution in [0.4, 0.5) is 5.13 Å². The van der Waals surface area contributed by atoms with E-state index >= 15 is 0 Å². The van der Waals surface area contributed by atoms with E-state index in [-0.39, 0.29) is 5.91 Å². The molecule has 0 spiro atoms. The molecule has 0 aliphatic rings.